The first-order valence-electron chi connectivity index (χ1n) is 5.79. The molecule has 0 bridgehead atoms. The van der Waals surface area contributed by atoms with Crippen molar-refractivity contribution in [2.45, 2.75) is 25.7 Å². The zero-order valence-electron chi connectivity index (χ0n) is 9.72. The Balaban J connectivity index is 0.00000108. The molecule has 1 N–H and O–H groups in total. The summed E-state index contributed by atoms with van der Waals surface area (Å²) in [5, 5.41) is 4.96. The highest BCUT2D eigenvalue weighted by Gasteiger charge is 2.43. The molecule has 1 aliphatic heterocycles. The van der Waals surface area contributed by atoms with Crippen LogP contribution in [-0.2, 0) is 6.42 Å². The summed E-state index contributed by atoms with van der Waals surface area (Å²) in [6.45, 7) is 4.57. The molecular formula is C13H16Cl3N. The van der Waals surface area contributed by atoms with Gasteiger partial charge in [-0.25, -0.2) is 0 Å². The molecule has 94 valence electrons. The lowest BCUT2D eigenvalue weighted by Crippen LogP contribution is -2.30. The summed E-state index contributed by atoms with van der Waals surface area (Å²) in [4.78, 5) is 0. The Morgan fingerprint density at radius 1 is 1.35 bits per heavy atom. The molecule has 1 aliphatic carbocycles. The minimum Gasteiger partial charge on any atom is -0.316 e. The minimum absolute atomic E-state index is 0. The fourth-order valence-electron chi connectivity index (χ4n) is 3.22. The number of hydrogen-bond donors (Lipinski definition) is 1. The van der Waals surface area contributed by atoms with Crippen molar-refractivity contribution >= 4 is 35.6 Å². The van der Waals surface area contributed by atoms with Crippen molar-refractivity contribution < 1.29 is 0 Å². The topological polar surface area (TPSA) is 12.0 Å². The molecule has 2 aliphatic rings. The molecule has 1 nitrogen and oxygen atoms in total. The second-order valence-corrected chi connectivity index (χ2v) is 6.05. The Morgan fingerprint density at radius 3 is 2.88 bits per heavy atom. The number of benzene rings is 1. The number of fused-ring (bicyclic) bond motifs is 3. The number of halogens is 3. The molecule has 1 saturated heterocycles. The van der Waals surface area contributed by atoms with Crippen LogP contribution in [0.4, 0.5) is 0 Å². The molecule has 0 spiro atoms. The fourth-order valence-corrected chi connectivity index (χ4v) is 3.66. The van der Waals surface area contributed by atoms with Gasteiger partial charge < -0.3 is 5.32 Å². The Kier molecular flexibility index (Phi) is 3.66. The van der Waals surface area contributed by atoms with Gasteiger partial charge >= 0.3 is 0 Å². The van der Waals surface area contributed by atoms with Gasteiger partial charge in [0.2, 0.25) is 0 Å². The molecule has 0 aromatic heterocycles. The lowest BCUT2D eigenvalue weighted by molar-refractivity contribution is 0.277. The fraction of sp³-hybridized carbons (Fsp3) is 0.538. The monoisotopic (exact) mass is 291 g/mol. The van der Waals surface area contributed by atoms with Crippen LogP contribution in [0.1, 0.15) is 30.4 Å². The highest BCUT2D eigenvalue weighted by molar-refractivity contribution is 6.42. The van der Waals surface area contributed by atoms with Crippen LogP contribution in [0.15, 0.2) is 12.1 Å². The van der Waals surface area contributed by atoms with Crippen molar-refractivity contribution in [3.8, 4) is 0 Å². The number of nitrogens with one attached hydrogen (secondary N) is 1. The summed E-state index contributed by atoms with van der Waals surface area (Å²) in [7, 11) is 0. The molecule has 0 amide bonds. The smallest absolute Gasteiger partial charge is 0.0627 e. The van der Waals surface area contributed by atoms with Gasteiger partial charge in [-0.3, -0.25) is 0 Å². The summed E-state index contributed by atoms with van der Waals surface area (Å²) >= 11 is 12.4. The maximum atomic E-state index is 6.29. The largest absolute Gasteiger partial charge is 0.316 e. The Hall–Kier alpha value is 0.0500. The van der Waals surface area contributed by atoms with Crippen molar-refractivity contribution in [3.05, 3.63) is 33.3 Å². The summed E-state index contributed by atoms with van der Waals surface area (Å²) in [6.07, 6.45) is 2.27. The van der Waals surface area contributed by atoms with Crippen LogP contribution < -0.4 is 5.32 Å². The summed E-state index contributed by atoms with van der Waals surface area (Å²) in [5.41, 5.74) is 3.10. The SMILES string of the molecule is C[C@@]12CCc3c(ccc(Cl)c3Cl)[C@@H]1CNC2.Cl. The number of hydrogen-bond acceptors (Lipinski definition) is 1. The second kappa shape index (κ2) is 4.62. The molecule has 3 rings (SSSR count). The van der Waals surface area contributed by atoms with Crippen LogP contribution in [0.25, 0.3) is 0 Å². The van der Waals surface area contributed by atoms with Crippen LogP contribution >= 0.6 is 35.6 Å². The standard InChI is InChI=1S/C13H15Cl2N.ClH/c1-13-5-4-9-8(10(13)6-16-7-13)2-3-11(14)12(9)15;/h2-3,10,16H,4-7H2,1H3;1H/t10-,13-;/m0./s1. The van der Waals surface area contributed by atoms with E-state index in [2.05, 4.69) is 18.3 Å². The third-order valence-corrected chi connectivity index (χ3v) is 5.12. The average Bonchev–Trinajstić information content (AvgIpc) is 2.65. The van der Waals surface area contributed by atoms with E-state index in [1.54, 1.807) is 0 Å². The first-order valence-corrected chi connectivity index (χ1v) is 6.55. The molecule has 4 heteroatoms. The molecule has 0 saturated carbocycles. The van der Waals surface area contributed by atoms with Crippen molar-refractivity contribution in [1.82, 2.24) is 5.32 Å². The van der Waals surface area contributed by atoms with Gasteiger partial charge in [-0.1, -0.05) is 36.2 Å². The van der Waals surface area contributed by atoms with Crippen molar-refractivity contribution in [2.24, 2.45) is 5.41 Å². The molecular weight excluding hydrogens is 277 g/mol. The predicted octanol–water partition coefficient (Wildman–Crippen LogP) is 4.05. The van der Waals surface area contributed by atoms with Crippen molar-refractivity contribution in [2.75, 3.05) is 13.1 Å². The Labute approximate surface area is 118 Å². The molecule has 17 heavy (non-hydrogen) atoms. The Bertz CT molecular complexity index is 447. The molecule has 0 unspecified atom stereocenters. The van der Waals surface area contributed by atoms with Crippen LogP contribution in [0.3, 0.4) is 0 Å². The highest BCUT2D eigenvalue weighted by atomic mass is 35.5. The zero-order chi connectivity index (χ0) is 11.3. The van der Waals surface area contributed by atoms with Crippen LogP contribution in [0, 0.1) is 5.41 Å². The first-order chi connectivity index (χ1) is 7.62. The third kappa shape index (κ3) is 1.98. The number of rotatable bonds is 0. The molecule has 1 aromatic rings. The van der Waals surface area contributed by atoms with E-state index in [0.717, 1.165) is 24.5 Å². The first kappa shape index (κ1) is 13.5. The average molecular weight is 293 g/mol. The highest BCUT2D eigenvalue weighted by Crippen LogP contribution is 2.49. The maximum Gasteiger partial charge on any atom is 0.0627 e. The van der Waals surface area contributed by atoms with Crippen LogP contribution in [-0.4, -0.2) is 13.1 Å². The van der Waals surface area contributed by atoms with Gasteiger partial charge in [0.1, 0.15) is 0 Å². The van der Waals surface area contributed by atoms with Crippen LogP contribution in [0.2, 0.25) is 10.0 Å². The van der Waals surface area contributed by atoms with Crippen LogP contribution in [0.5, 0.6) is 0 Å². The maximum absolute atomic E-state index is 6.29. The zero-order valence-corrected chi connectivity index (χ0v) is 12.1. The van der Waals surface area contributed by atoms with E-state index in [0.29, 0.717) is 16.4 Å². The van der Waals surface area contributed by atoms with Crippen molar-refractivity contribution in [1.29, 1.82) is 0 Å². The van der Waals surface area contributed by atoms with Gasteiger partial charge in [0.25, 0.3) is 0 Å². The normalized spacial score (nSPS) is 30.4. The molecule has 0 radical (unpaired) electrons. The van der Waals surface area contributed by atoms with Gasteiger partial charge in [0.05, 0.1) is 10.0 Å². The van der Waals surface area contributed by atoms with E-state index in [-0.39, 0.29) is 12.4 Å². The summed E-state index contributed by atoms with van der Waals surface area (Å²) in [5.74, 6) is 0.603. The predicted molar refractivity (Wildman–Crippen MR) is 75.7 cm³/mol. The van der Waals surface area contributed by atoms with E-state index in [1.807, 2.05) is 6.07 Å². The minimum atomic E-state index is 0. The van der Waals surface area contributed by atoms with Gasteiger partial charge in [0.15, 0.2) is 0 Å². The van der Waals surface area contributed by atoms with Crippen molar-refractivity contribution in [3.63, 3.8) is 0 Å². The van der Waals surface area contributed by atoms with E-state index < -0.39 is 0 Å². The lowest BCUT2D eigenvalue weighted by atomic mass is 9.67. The van der Waals surface area contributed by atoms with E-state index in [4.69, 9.17) is 23.2 Å². The lowest BCUT2D eigenvalue weighted by Gasteiger charge is -2.37. The third-order valence-electron chi connectivity index (χ3n) is 4.27. The van der Waals surface area contributed by atoms with Gasteiger partial charge in [-0.2, -0.15) is 0 Å². The van der Waals surface area contributed by atoms with Gasteiger partial charge in [-0.05, 0) is 35.4 Å². The summed E-state index contributed by atoms with van der Waals surface area (Å²) in [6, 6.07) is 4.10. The van der Waals surface area contributed by atoms with Gasteiger partial charge in [-0.15, -0.1) is 12.4 Å². The molecule has 1 aromatic carbocycles. The molecule has 1 heterocycles. The van der Waals surface area contributed by atoms with Gasteiger partial charge in [0, 0.05) is 19.0 Å². The van der Waals surface area contributed by atoms with E-state index in [1.165, 1.54) is 17.5 Å². The van der Waals surface area contributed by atoms with E-state index >= 15 is 0 Å². The van der Waals surface area contributed by atoms with E-state index in [9.17, 15) is 0 Å². The molecule has 1 fully saturated rings. The quantitative estimate of drug-likeness (QED) is 0.760. The second-order valence-electron chi connectivity index (χ2n) is 5.27. The molecule has 2 atom stereocenters. The summed E-state index contributed by atoms with van der Waals surface area (Å²) < 4.78 is 0. The Morgan fingerprint density at radius 2 is 2.12 bits per heavy atom.